The molecule has 0 atom stereocenters. The first-order valence-electron chi connectivity index (χ1n) is 12.5. The average Bonchev–Trinajstić information content (AvgIpc) is 3.48. The largest absolute Gasteiger partial charge is 0.290 e. The number of hydrogen-bond acceptors (Lipinski definition) is 1. The monoisotopic (exact) mass is 457 g/mol. The third kappa shape index (κ3) is 4.30. The van der Waals surface area contributed by atoms with Crippen molar-refractivity contribution in [1.29, 1.82) is 0 Å². The lowest BCUT2D eigenvalue weighted by Crippen LogP contribution is -2.35. The molecule has 172 valence electrons. The van der Waals surface area contributed by atoms with Crippen molar-refractivity contribution in [3.63, 3.8) is 0 Å². The van der Waals surface area contributed by atoms with E-state index in [2.05, 4.69) is 77.8 Å². The highest BCUT2D eigenvalue weighted by Crippen LogP contribution is 2.46. The molecule has 1 heterocycles. The number of hydrogen-bond donors (Lipinski definition) is 0. The second-order valence-corrected chi connectivity index (χ2v) is 9.53. The Labute approximate surface area is 206 Å². The molecule has 1 aliphatic rings. The molecule has 0 fully saturated rings. The summed E-state index contributed by atoms with van der Waals surface area (Å²) in [6.07, 6.45) is 9.58. The van der Waals surface area contributed by atoms with Gasteiger partial charge in [0.05, 0.1) is 6.54 Å². The second kappa shape index (κ2) is 9.34. The van der Waals surface area contributed by atoms with Crippen molar-refractivity contribution in [3.8, 4) is 11.1 Å². The van der Waals surface area contributed by atoms with E-state index < -0.39 is 0 Å². The molecule has 4 aromatic carbocycles. The van der Waals surface area contributed by atoms with E-state index in [1.54, 1.807) is 0 Å². The first-order chi connectivity index (χ1) is 17.3. The third-order valence-electron chi connectivity index (χ3n) is 7.27. The van der Waals surface area contributed by atoms with E-state index in [9.17, 15) is 4.79 Å². The molecule has 6 rings (SSSR count). The van der Waals surface area contributed by atoms with Crippen LogP contribution in [-0.4, -0.2) is 10.4 Å². The summed E-state index contributed by atoms with van der Waals surface area (Å²) in [7, 11) is 0. The van der Waals surface area contributed by atoms with Crippen LogP contribution in [0.1, 0.15) is 46.7 Å². The SMILES string of the molecule is O=C(C[n+]1ccn(CCCCC2c3ccccc3-c3ccccc32)c1)c1ccc2ccccc2c1. The van der Waals surface area contributed by atoms with Gasteiger partial charge in [-0.3, -0.25) is 4.79 Å². The van der Waals surface area contributed by atoms with E-state index in [1.165, 1.54) is 28.7 Å². The third-order valence-corrected chi connectivity index (χ3v) is 7.27. The molecule has 0 N–H and O–H groups in total. The number of imidazole rings is 1. The lowest BCUT2D eigenvalue weighted by molar-refractivity contribution is -0.682. The van der Waals surface area contributed by atoms with Gasteiger partial charge in [-0.1, -0.05) is 84.9 Å². The van der Waals surface area contributed by atoms with Crippen molar-refractivity contribution >= 4 is 16.6 Å². The molecule has 0 saturated carbocycles. The summed E-state index contributed by atoms with van der Waals surface area (Å²) in [6, 6.07) is 31.8. The molecule has 0 spiro atoms. The van der Waals surface area contributed by atoms with E-state index in [-0.39, 0.29) is 5.78 Å². The predicted octanol–water partition coefficient (Wildman–Crippen LogP) is 6.79. The number of unbranched alkanes of at least 4 members (excludes halogenated alkanes) is 1. The number of aryl methyl sites for hydroxylation is 1. The van der Waals surface area contributed by atoms with E-state index in [0.29, 0.717) is 12.5 Å². The Kier molecular flexibility index (Phi) is 5.75. The van der Waals surface area contributed by atoms with Crippen LogP contribution in [0.4, 0.5) is 0 Å². The molecule has 0 radical (unpaired) electrons. The standard InChI is InChI=1S/C32H29N2O/c35-32(26-17-16-24-9-1-2-10-25(24)21-26)22-34-20-19-33(23-34)18-8-7-15-31-29-13-5-3-11-27(29)28-12-4-6-14-30(28)31/h1-6,9-14,16-17,19-21,23,31H,7-8,15,18,22H2/q+1. The normalized spacial score (nSPS) is 12.6. The summed E-state index contributed by atoms with van der Waals surface area (Å²) >= 11 is 0. The number of ketones is 1. The number of carbonyl (C=O) groups excluding carboxylic acids is 1. The molecule has 0 amide bonds. The van der Waals surface area contributed by atoms with Gasteiger partial charge in [0.2, 0.25) is 12.1 Å². The molecule has 0 bridgehead atoms. The van der Waals surface area contributed by atoms with Crippen molar-refractivity contribution in [2.24, 2.45) is 0 Å². The maximum absolute atomic E-state index is 12.8. The van der Waals surface area contributed by atoms with Gasteiger partial charge in [-0.15, -0.1) is 0 Å². The fourth-order valence-corrected chi connectivity index (χ4v) is 5.50. The van der Waals surface area contributed by atoms with Crippen molar-refractivity contribution in [1.82, 2.24) is 4.57 Å². The summed E-state index contributed by atoms with van der Waals surface area (Å²) in [5.41, 5.74) is 6.51. The predicted molar refractivity (Wildman–Crippen MR) is 140 cm³/mol. The van der Waals surface area contributed by atoms with Crippen LogP contribution in [0.3, 0.4) is 0 Å². The number of carbonyl (C=O) groups is 1. The number of benzene rings is 4. The van der Waals surface area contributed by atoms with Crippen molar-refractivity contribution in [2.45, 2.75) is 38.3 Å². The molecule has 3 nitrogen and oxygen atoms in total. The van der Waals surface area contributed by atoms with Gasteiger partial charge in [0, 0.05) is 11.5 Å². The van der Waals surface area contributed by atoms with Crippen LogP contribution in [0.2, 0.25) is 0 Å². The molecule has 35 heavy (non-hydrogen) atoms. The van der Waals surface area contributed by atoms with Crippen LogP contribution in [0, 0.1) is 0 Å². The Hall–Kier alpha value is -3.98. The number of aromatic nitrogens is 2. The first-order valence-corrected chi connectivity index (χ1v) is 12.5. The average molecular weight is 458 g/mol. The van der Waals surface area contributed by atoms with Gasteiger partial charge < -0.3 is 0 Å². The molecule has 5 aromatic rings. The van der Waals surface area contributed by atoms with Gasteiger partial charge in [-0.2, -0.15) is 0 Å². The zero-order valence-electron chi connectivity index (χ0n) is 19.8. The summed E-state index contributed by atoms with van der Waals surface area (Å²) in [5, 5.41) is 2.26. The minimum absolute atomic E-state index is 0.136. The smallest absolute Gasteiger partial charge is 0.244 e. The quantitative estimate of drug-likeness (QED) is 0.143. The highest BCUT2D eigenvalue weighted by Gasteiger charge is 2.27. The van der Waals surface area contributed by atoms with Gasteiger partial charge in [0.25, 0.3) is 0 Å². The van der Waals surface area contributed by atoms with Crippen LogP contribution in [-0.2, 0) is 13.1 Å². The first kappa shape index (κ1) is 21.5. The second-order valence-electron chi connectivity index (χ2n) is 9.53. The van der Waals surface area contributed by atoms with E-state index in [0.717, 1.165) is 35.7 Å². The minimum atomic E-state index is 0.136. The van der Waals surface area contributed by atoms with Gasteiger partial charge in [0.1, 0.15) is 12.4 Å². The lowest BCUT2D eigenvalue weighted by Gasteiger charge is -2.13. The number of rotatable bonds is 8. The minimum Gasteiger partial charge on any atom is -0.290 e. The lowest BCUT2D eigenvalue weighted by atomic mass is 9.91. The van der Waals surface area contributed by atoms with Crippen molar-refractivity contribution < 1.29 is 9.36 Å². The van der Waals surface area contributed by atoms with Crippen LogP contribution >= 0.6 is 0 Å². The van der Waals surface area contributed by atoms with Crippen LogP contribution in [0.15, 0.2) is 110 Å². The van der Waals surface area contributed by atoms with Crippen molar-refractivity contribution in [2.75, 3.05) is 0 Å². The molecule has 1 aromatic heterocycles. The van der Waals surface area contributed by atoms with Crippen molar-refractivity contribution in [3.05, 3.63) is 126 Å². The van der Waals surface area contributed by atoms with Crippen LogP contribution in [0.25, 0.3) is 21.9 Å². The molecule has 0 unspecified atom stereocenters. The fraction of sp³-hybridized carbons (Fsp3) is 0.188. The zero-order chi connectivity index (χ0) is 23.6. The maximum Gasteiger partial charge on any atom is 0.244 e. The van der Waals surface area contributed by atoms with Crippen LogP contribution in [0.5, 0.6) is 0 Å². The van der Waals surface area contributed by atoms with E-state index >= 15 is 0 Å². The molecule has 0 saturated heterocycles. The summed E-state index contributed by atoms with van der Waals surface area (Å²) in [6.45, 7) is 1.33. The Balaban J connectivity index is 1.05. The maximum atomic E-state index is 12.8. The summed E-state index contributed by atoms with van der Waals surface area (Å²) in [4.78, 5) is 12.8. The number of fused-ring (bicyclic) bond motifs is 4. The number of Topliss-reactive ketones (excluding diaryl/α,β-unsaturated/α-hetero) is 1. The zero-order valence-corrected chi connectivity index (χ0v) is 19.8. The Bertz CT molecular complexity index is 1470. The molecular weight excluding hydrogens is 428 g/mol. The van der Waals surface area contributed by atoms with E-state index in [4.69, 9.17) is 0 Å². The Morgan fingerprint density at radius 1 is 0.771 bits per heavy atom. The summed E-state index contributed by atoms with van der Waals surface area (Å²) < 4.78 is 4.19. The van der Waals surface area contributed by atoms with Gasteiger partial charge in [-0.25, -0.2) is 9.13 Å². The molecule has 3 heteroatoms. The fourth-order valence-electron chi connectivity index (χ4n) is 5.50. The van der Waals surface area contributed by atoms with Gasteiger partial charge in [0.15, 0.2) is 6.54 Å². The van der Waals surface area contributed by atoms with Gasteiger partial charge >= 0.3 is 0 Å². The molecule has 0 aliphatic heterocycles. The van der Waals surface area contributed by atoms with E-state index in [1.807, 2.05) is 41.1 Å². The number of nitrogens with zero attached hydrogens (tertiary/aromatic N) is 2. The highest BCUT2D eigenvalue weighted by atomic mass is 16.1. The van der Waals surface area contributed by atoms with Gasteiger partial charge in [-0.05, 0) is 58.4 Å². The molecular formula is C32H29N2O+. The molecule has 1 aliphatic carbocycles. The highest BCUT2D eigenvalue weighted by molar-refractivity contribution is 5.99. The topological polar surface area (TPSA) is 25.9 Å². The Morgan fingerprint density at radius 3 is 2.23 bits per heavy atom. The summed E-state index contributed by atoms with van der Waals surface area (Å²) in [5.74, 6) is 0.633. The Morgan fingerprint density at radius 2 is 1.46 bits per heavy atom. The van der Waals surface area contributed by atoms with Crippen LogP contribution < -0.4 is 4.57 Å².